The standard InChI is InChI=1S/C41H28N2O/c1-41(2)35-16-7-6-13-29(35)33-23-38-27(21-36(33)41)18-17-26-12-8-14-31(40(26)44-38)37-22-28-20-32(25-10-4-3-5-11-25)30-15-9-19-42-39(30)34(28)24-43-37/h3-24H,1-2H3. The highest BCUT2D eigenvalue weighted by atomic mass is 16.5. The van der Waals surface area contributed by atoms with Gasteiger partial charge >= 0.3 is 0 Å². The van der Waals surface area contributed by atoms with Crippen LogP contribution in [-0.2, 0) is 5.41 Å². The highest BCUT2D eigenvalue weighted by Crippen LogP contribution is 2.52. The number of benzene rings is 5. The zero-order valence-corrected chi connectivity index (χ0v) is 24.5. The number of rotatable bonds is 2. The van der Waals surface area contributed by atoms with E-state index < -0.39 is 0 Å². The lowest BCUT2D eigenvalue weighted by atomic mass is 9.82. The van der Waals surface area contributed by atoms with Crippen molar-refractivity contribution < 1.29 is 4.74 Å². The Morgan fingerprint density at radius 3 is 2.32 bits per heavy atom. The van der Waals surface area contributed by atoms with Crippen LogP contribution in [0.25, 0.3) is 67.3 Å². The minimum atomic E-state index is -0.0637. The zero-order chi connectivity index (χ0) is 29.4. The first kappa shape index (κ1) is 25.0. The summed E-state index contributed by atoms with van der Waals surface area (Å²) in [5.74, 6) is 1.68. The van der Waals surface area contributed by atoms with Gasteiger partial charge in [0.05, 0.1) is 11.2 Å². The third kappa shape index (κ3) is 3.62. The molecule has 44 heavy (non-hydrogen) atoms. The summed E-state index contributed by atoms with van der Waals surface area (Å²) >= 11 is 0. The van der Waals surface area contributed by atoms with E-state index in [4.69, 9.17) is 14.7 Å². The van der Waals surface area contributed by atoms with Gasteiger partial charge in [0.15, 0.2) is 0 Å². The summed E-state index contributed by atoms with van der Waals surface area (Å²) in [4.78, 5) is 9.77. The smallest absolute Gasteiger partial charge is 0.144 e. The number of nitrogens with zero attached hydrogens (tertiary/aromatic N) is 2. The minimum absolute atomic E-state index is 0.0637. The second-order valence-corrected chi connectivity index (χ2v) is 12.2. The fraction of sp³-hybridized carbons (Fsp3) is 0.0732. The molecule has 3 heterocycles. The van der Waals surface area contributed by atoms with Gasteiger partial charge in [-0.2, -0.15) is 0 Å². The summed E-state index contributed by atoms with van der Waals surface area (Å²) in [6.45, 7) is 4.62. The summed E-state index contributed by atoms with van der Waals surface area (Å²) in [7, 11) is 0. The molecule has 0 radical (unpaired) electrons. The molecule has 0 N–H and O–H groups in total. The largest absolute Gasteiger partial charge is 0.455 e. The average molecular weight is 565 g/mol. The first-order valence-electron chi connectivity index (χ1n) is 15.1. The monoisotopic (exact) mass is 564 g/mol. The number of ether oxygens (including phenoxy) is 1. The van der Waals surface area contributed by atoms with Crippen LogP contribution in [0.3, 0.4) is 0 Å². The van der Waals surface area contributed by atoms with E-state index in [2.05, 4.69) is 129 Å². The van der Waals surface area contributed by atoms with Gasteiger partial charge in [0, 0.05) is 45.3 Å². The Morgan fingerprint density at radius 2 is 1.41 bits per heavy atom. The van der Waals surface area contributed by atoms with Crippen LogP contribution in [0.4, 0.5) is 0 Å². The molecule has 0 atom stereocenters. The minimum Gasteiger partial charge on any atom is -0.455 e. The summed E-state index contributed by atoms with van der Waals surface area (Å²) in [6, 6.07) is 38.7. The van der Waals surface area contributed by atoms with E-state index in [0.29, 0.717) is 0 Å². The average Bonchev–Trinajstić information content (AvgIpc) is 3.17. The Kier molecular flexibility index (Phi) is 5.24. The van der Waals surface area contributed by atoms with E-state index in [9.17, 15) is 0 Å². The first-order valence-corrected chi connectivity index (χ1v) is 15.1. The molecule has 0 amide bonds. The molecule has 3 nitrogen and oxygen atoms in total. The Bertz CT molecular complexity index is 2330. The summed E-state index contributed by atoms with van der Waals surface area (Å²) in [5, 5.41) is 3.25. The molecule has 1 aliphatic heterocycles. The molecule has 208 valence electrons. The topological polar surface area (TPSA) is 35.0 Å². The van der Waals surface area contributed by atoms with Gasteiger partial charge in [0.1, 0.15) is 11.5 Å². The molecule has 0 bridgehead atoms. The van der Waals surface area contributed by atoms with Crippen LogP contribution < -0.4 is 4.74 Å². The van der Waals surface area contributed by atoms with Crippen molar-refractivity contribution in [2.75, 3.05) is 0 Å². The van der Waals surface area contributed by atoms with Crippen molar-refractivity contribution in [3.05, 3.63) is 144 Å². The molecule has 3 heteroatoms. The third-order valence-electron chi connectivity index (χ3n) is 9.36. The van der Waals surface area contributed by atoms with Crippen molar-refractivity contribution in [1.29, 1.82) is 0 Å². The third-order valence-corrected chi connectivity index (χ3v) is 9.36. The normalized spacial score (nSPS) is 14.0. The Hall–Kier alpha value is -5.54. The fourth-order valence-corrected chi connectivity index (χ4v) is 7.12. The van der Waals surface area contributed by atoms with E-state index in [1.165, 1.54) is 27.8 Å². The Balaban J connectivity index is 1.20. The van der Waals surface area contributed by atoms with Crippen molar-refractivity contribution in [2.45, 2.75) is 19.3 Å². The Labute approximate surface area is 256 Å². The molecule has 0 spiro atoms. The molecule has 0 fully saturated rings. The van der Waals surface area contributed by atoms with Crippen molar-refractivity contribution in [1.82, 2.24) is 9.97 Å². The van der Waals surface area contributed by atoms with Crippen LogP contribution in [0, 0.1) is 0 Å². The summed E-state index contributed by atoms with van der Waals surface area (Å²) < 4.78 is 6.86. The van der Waals surface area contributed by atoms with Crippen LogP contribution in [-0.4, -0.2) is 9.97 Å². The van der Waals surface area contributed by atoms with Crippen molar-refractivity contribution in [3.63, 3.8) is 0 Å². The number of hydrogen-bond acceptors (Lipinski definition) is 3. The molecule has 0 unspecified atom stereocenters. The summed E-state index contributed by atoms with van der Waals surface area (Å²) in [5.41, 5.74) is 12.4. The Morgan fingerprint density at radius 1 is 0.591 bits per heavy atom. The molecule has 7 aromatic rings. The number of aromatic nitrogens is 2. The van der Waals surface area contributed by atoms with Gasteiger partial charge in [-0.15, -0.1) is 0 Å². The maximum Gasteiger partial charge on any atom is 0.144 e. The highest BCUT2D eigenvalue weighted by Gasteiger charge is 2.36. The second kappa shape index (κ2) is 9.23. The van der Waals surface area contributed by atoms with Gasteiger partial charge in [0.2, 0.25) is 0 Å². The van der Waals surface area contributed by atoms with Crippen LogP contribution in [0.2, 0.25) is 0 Å². The van der Waals surface area contributed by atoms with Crippen molar-refractivity contribution >= 4 is 33.8 Å². The lowest BCUT2D eigenvalue weighted by Gasteiger charge is -2.22. The lowest BCUT2D eigenvalue weighted by Crippen LogP contribution is -2.15. The molecule has 0 saturated carbocycles. The molecule has 2 aromatic heterocycles. The predicted molar refractivity (Wildman–Crippen MR) is 181 cm³/mol. The van der Waals surface area contributed by atoms with E-state index >= 15 is 0 Å². The predicted octanol–water partition coefficient (Wildman–Crippen LogP) is 10.7. The van der Waals surface area contributed by atoms with Crippen molar-refractivity contribution in [2.24, 2.45) is 0 Å². The molecule has 1 aliphatic carbocycles. The van der Waals surface area contributed by atoms with Gasteiger partial charge in [0.25, 0.3) is 0 Å². The van der Waals surface area contributed by atoms with Gasteiger partial charge in [-0.05, 0) is 75.2 Å². The highest BCUT2D eigenvalue weighted by molar-refractivity contribution is 6.12. The number of hydrogen-bond donors (Lipinski definition) is 0. The molecule has 2 aliphatic rings. The maximum absolute atomic E-state index is 6.86. The quantitative estimate of drug-likeness (QED) is 0.196. The zero-order valence-electron chi connectivity index (χ0n) is 24.5. The second-order valence-electron chi connectivity index (χ2n) is 12.2. The van der Waals surface area contributed by atoms with E-state index in [1.54, 1.807) is 0 Å². The molecule has 9 rings (SSSR count). The number of para-hydroxylation sites is 1. The van der Waals surface area contributed by atoms with Gasteiger partial charge in [-0.25, -0.2) is 0 Å². The van der Waals surface area contributed by atoms with Gasteiger partial charge in [-0.3, -0.25) is 9.97 Å². The van der Waals surface area contributed by atoms with E-state index in [-0.39, 0.29) is 5.41 Å². The van der Waals surface area contributed by atoms with Gasteiger partial charge < -0.3 is 4.74 Å². The molecular weight excluding hydrogens is 536 g/mol. The number of fused-ring (bicyclic) bond motifs is 8. The summed E-state index contributed by atoms with van der Waals surface area (Å²) in [6.07, 6.45) is 8.16. The fourth-order valence-electron chi connectivity index (χ4n) is 7.12. The van der Waals surface area contributed by atoms with Crippen LogP contribution in [0.1, 0.15) is 36.1 Å². The lowest BCUT2D eigenvalue weighted by molar-refractivity contribution is 0.483. The molecule has 5 aromatic carbocycles. The number of pyridine rings is 2. The van der Waals surface area contributed by atoms with Crippen molar-refractivity contribution in [3.8, 4) is 45.0 Å². The SMILES string of the molecule is CC1(C)c2ccccc2-c2cc3c(cc21)C=Cc1cccc(-c2cc4cc(-c5ccccc5)c5cccnc5c4cn2)c1O3. The maximum atomic E-state index is 6.86. The molecule has 0 saturated heterocycles. The molecular formula is C41H28N2O. The van der Waals surface area contributed by atoms with Crippen LogP contribution in [0.15, 0.2) is 122 Å². The van der Waals surface area contributed by atoms with E-state index in [1.807, 2.05) is 18.5 Å². The first-order chi connectivity index (χ1) is 21.6. The van der Waals surface area contributed by atoms with E-state index in [0.717, 1.165) is 61.1 Å². The van der Waals surface area contributed by atoms with Crippen LogP contribution in [0.5, 0.6) is 11.5 Å². The van der Waals surface area contributed by atoms with Gasteiger partial charge in [-0.1, -0.05) is 98.8 Å². The van der Waals surface area contributed by atoms with Crippen LogP contribution >= 0.6 is 0 Å².